The van der Waals surface area contributed by atoms with Crippen LogP contribution in [0.2, 0.25) is 0 Å². The molecule has 0 aliphatic heterocycles. The fourth-order valence-corrected chi connectivity index (χ4v) is 3.07. The maximum atomic E-state index is 12.3. The number of allylic oxidation sites excluding steroid dienone is 1. The lowest BCUT2D eigenvalue weighted by Gasteiger charge is -2.20. The maximum absolute atomic E-state index is 12.3. The number of aromatic nitrogens is 2. The number of amides is 1. The van der Waals surface area contributed by atoms with Crippen molar-refractivity contribution >= 4 is 17.4 Å². The van der Waals surface area contributed by atoms with Gasteiger partial charge in [-0.15, -0.1) is 5.10 Å². The topological polar surface area (TPSA) is 54.9 Å². The van der Waals surface area contributed by atoms with Crippen LogP contribution in [-0.4, -0.2) is 21.5 Å². The predicted octanol–water partition coefficient (Wildman–Crippen LogP) is 3.28. The summed E-state index contributed by atoms with van der Waals surface area (Å²) in [6.45, 7) is 6.11. The molecule has 2 rings (SSSR count). The molecule has 1 aliphatic carbocycles. The van der Waals surface area contributed by atoms with Crippen LogP contribution in [0, 0.1) is 0 Å². The second-order valence-electron chi connectivity index (χ2n) is 5.36. The van der Waals surface area contributed by atoms with E-state index in [1.165, 1.54) is 29.9 Å². The first-order valence-corrected chi connectivity index (χ1v) is 7.69. The van der Waals surface area contributed by atoms with Crippen molar-refractivity contribution in [3.63, 3.8) is 0 Å². The summed E-state index contributed by atoms with van der Waals surface area (Å²) in [5, 5.41) is 7.12. The number of nitrogens with one attached hydrogen (secondary N) is 1. The monoisotopic (exact) mass is 279 g/mol. The number of carbonyl (C=O) groups is 1. The quantitative estimate of drug-likeness (QED) is 0.861. The Labute approximate surface area is 118 Å². The number of rotatable bonds is 4. The van der Waals surface area contributed by atoms with E-state index in [9.17, 15) is 4.79 Å². The van der Waals surface area contributed by atoms with E-state index in [-0.39, 0.29) is 17.9 Å². The van der Waals surface area contributed by atoms with E-state index in [1.54, 1.807) is 0 Å². The third kappa shape index (κ3) is 3.41. The molecule has 1 amide bonds. The van der Waals surface area contributed by atoms with E-state index >= 15 is 0 Å². The van der Waals surface area contributed by atoms with Gasteiger partial charge in [-0.3, -0.25) is 4.79 Å². The van der Waals surface area contributed by atoms with Crippen LogP contribution in [0.1, 0.15) is 67.7 Å². The van der Waals surface area contributed by atoms with Crippen LogP contribution in [0.3, 0.4) is 0 Å². The van der Waals surface area contributed by atoms with E-state index in [0.717, 1.165) is 18.5 Å². The van der Waals surface area contributed by atoms with Gasteiger partial charge in [0.15, 0.2) is 0 Å². The Morgan fingerprint density at radius 1 is 1.37 bits per heavy atom. The average Bonchev–Trinajstić information content (AvgIpc) is 2.89. The summed E-state index contributed by atoms with van der Waals surface area (Å²) in [4.78, 5) is 12.9. The molecule has 0 spiro atoms. The van der Waals surface area contributed by atoms with Gasteiger partial charge in [0.2, 0.25) is 0 Å². The van der Waals surface area contributed by atoms with Crippen molar-refractivity contribution < 1.29 is 4.79 Å². The lowest BCUT2D eigenvalue weighted by molar-refractivity contribution is 0.0947. The third-order valence-electron chi connectivity index (χ3n) is 3.50. The van der Waals surface area contributed by atoms with Gasteiger partial charge in [0.25, 0.3) is 5.91 Å². The SMILES string of the molecule is CC(C)c1nnsc1C(=O)N[C@@H](C)C1=CCCCC1. The summed E-state index contributed by atoms with van der Waals surface area (Å²) in [7, 11) is 0. The van der Waals surface area contributed by atoms with Crippen LogP contribution in [0.5, 0.6) is 0 Å². The molecule has 0 unspecified atom stereocenters. The molecule has 0 bridgehead atoms. The molecular weight excluding hydrogens is 258 g/mol. The van der Waals surface area contributed by atoms with E-state index in [4.69, 9.17) is 0 Å². The number of hydrogen-bond donors (Lipinski definition) is 1. The van der Waals surface area contributed by atoms with Crippen LogP contribution >= 0.6 is 11.5 Å². The molecule has 1 aliphatic rings. The maximum Gasteiger partial charge on any atom is 0.265 e. The molecule has 1 aromatic rings. The Bertz CT molecular complexity index is 479. The highest BCUT2D eigenvalue weighted by Crippen LogP contribution is 2.22. The van der Waals surface area contributed by atoms with Crippen molar-refractivity contribution in [2.75, 3.05) is 0 Å². The van der Waals surface area contributed by atoms with Gasteiger partial charge in [0.1, 0.15) is 4.88 Å². The third-order valence-corrected chi connectivity index (χ3v) is 4.24. The summed E-state index contributed by atoms with van der Waals surface area (Å²) in [5.41, 5.74) is 2.15. The molecule has 0 saturated heterocycles. The molecule has 0 aromatic carbocycles. The molecule has 104 valence electrons. The van der Waals surface area contributed by atoms with Crippen molar-refractivity contribution in [2.24, 2.45) is 0 Å². The lowest BCUT2D eigenvalue weighted by Crippen LogP contribution is -2.34. The summed E-state index contributed by atoms with van der Waals surface area (Å²) >= 11 is 1.18. The first-order valence-electron chi connectivity index (χ1n) is 6.91. The van der Waals surface area contributed by atoms with Crippen molar-refractivity contribution in [1.29, 1.82) is 0 Å². The highest BCUT2D eigenvalue weighted by molar-refractivity contribution is 7.08. The van der Waals surface area contributed by atoms with Crippen molar-refractivity contribution in [3.8, 4) is 0 Å². The highest BCUT2D eigenvalue weighted by atomic mass is 32.1. The molecule has 5 heteroatoms. The van der Waals surface area contributed by atoms with Crippen LogP contribution in [0.4, 0.5) is 0 Å². The van der Waals surface area contributed by atoms with Gasteiger partial charge in [0, 0.05) is 6.04 Å². The highest BCUT2D eigenvalue weighted by Gasteiger charge is 2.21. The summed E-state index contributed by atoms with van der Waals surface area (Å²) in [6, 6.07) is 0.106. The van der Waals surface area contributed by atoms with E-state index in [1.807, 2.05) is 13.8 Å². The van der Waals surface area contributed by atoms with Crippen LogP contribution < -0.4 is 5.32 Å². The smallest absolute Gasteiger partial charge is 0.265 e. The summed E-state index contributed by atoms with van der Waals surface area (Å²) in [6.07, 6.45) is 6.99. The average molecular weight is 279 g/mol. The standard InChI is InChI=1S/C14H21N3OS/c1-9(2)12-13(19-17-16-12)14(18)15-10(3)11-7-5-4-6-8-11/h7,9-10H,4-6,8H2,1-3H3,(H,15,18)/t10-/m0/s1. The Balaban J connectivity index is 2.04. The fourth-order valence-electron chi connectivity index (χ4n) is 2.34. The Kier molecular flexibility index (Phi) is 4.69. The Morgan fingerprint density at radius 3 is 2.79 bits per heavy atom. The van der Waals surface area contributed by atoms with Gasteiger partial charge < -0.3 is 5.32 Å². The fraction of sp³-hybridized carbons (Fsp3) is 0.643. The van der Waals surface area contributed by atoms with E-state index in [2.05, 4.69) is 27.9 Å². The Hall–Kier alpha value is -1.23. The van der Waals surface area contributed by atoms with Crippen LogP contribution in [0.15, 0.2) is 11.6 Å². The zero-order valence-electron chi connectivity index (χ0n) is 11.8. The minimum atomic E-state index is -0.0438. The molecule has 0 radical (unpaired) electrons. The first kappa shape index (κ1) is 14.2. The van der Waals surface area contributed by atoms with Gasteiger partial charge in [-0.05, 0) is 50.1 Å². The number of carbonyl (C=O) groups excluding carboxylic acids is 1. The van der Waals surface area contributed by atoms with E-state index < -0.39 is 0 Å². The zero-order valence-corrected chi connectivity index (χ0v) is 12.6. The van der Waals surface area contributed by atoms with Gasteiger partial charge in [-0.1, -0.05) is 30.0 Å². The number of hydrogen-bond acceptors (Lipinski definition) is 4. The van der Waals surface area contributed by atoms with Gasteiger partial charge in [0.05, 0.1) is 5.69 Å². The van der Waals surface area contributed by atoms with E-state index in [0.29, 0.717) is 4.88 Å². The zero-order chi connectivity index (χ0) is 13.8. The van der Waals surface area contributed by atoms with Crippen LogP contribution in [0.25, 0.3) is 0 Å². The Morgan fingerprint density at radius 2 is 2.16 bits per heavy atom. The minimum Gasteiger partial charge on any atom is -0.345 e. The second kappa shape index (κ2) is 6.28. The largest absolute Gasteiger partial charge is 0.345 e. The molecular formula is C14H21N3OS. The summed E-state index contributed by atoms with van der Waals surface area (Å²) in [5.74, 6) is 0.182. The second-order valence-corrected chi connectivity index (χ2v) is 6.12. The van der Waals surface area contributed by atoms with Crippen molar-refractivity contribution in [1.82, 2.24) is 14.9 Å². The molecule has 19 heavy (non-hydrogen) atoms. The molecule has 1 atom stereocenters. The van der Waals surface area contributed by atoms with Gasteiger partial charge >= 0.3 is 0 Å². The van der Waals surface area contributed by atoms with Gasteiger partial charge in [-0.25, -0.2) is 0 Å². The molecule has 1 heterocycles. The predicted molar refractivity (Wildman–Crippen MR) is 77.5 cm³/mol. The van der Waals surface area contributed by atoms with Crippen LogP contribution in [-0.2, 0) is 0 Å². The molecule has 1 aromatic heterocycles. The van der Waals surface area contributed by atoms with Crippen molar-refractivity contribution in [2.45, 2.75) is 58.4 Å². The first-order chi connectivity index (χ1) is 9.09. The molecule has 0 saturated carbocycles. The summed E-state index contributed by atoms with van der Waals surface area (Å²) < 4.78 is 3.90. The normalized spacial score (nSPS) is 17.2. The molecule has 4 nitrogen and oxygen atoms in total. The lowest BCUT2D eigenvalue weighted by atomic mass is 9.94. The van der Waals surface area contributed by atoms with Gasteiger partial charge in [-0.2, -0.15) is 0 Å². The molecule has 0 fully saturated rings. The minimum absolute atomic E-state index is 0.0438. The van der Waals surface area contributed by atoms with Crippen molar-refractivity contribution in [3.05, 3.63) is 22.2 Å². The number of nitrogens with zero attached hydrogens (tertiary/aromatic N) is 2. The molecule has 1 N–H and O–H groups in total.